The molecule has 0 saturated heterocycles. The maximum absolute atomic E-state index is 12.8. The van der Waals surface area contributed by atoms with Crippen molar-refractivity contribution in [1.82, 2.24) is 9.78 Å². The van der Waals surface area contributed by atoms with E-state index in [0.29, 0.717) is 17.5 Å². The Labute approximate surface area is 130 Å². The largest absolute Gasteiger partial charge is 0.416 e. The number of aldehydes is 1. The summed E-state index contributed by atoms with van der Waals surface area (Å²) in [7, 11) is 0. The molecule has 3 aromatic rings. The average molecular weight is 316 g/mol. The molecule has 0 bridgehead atoms. The fraction of sp³-hybridized carbons (Fsp3) is 0.0588. The lowest BCUT2D eigenvalue weighted by Gasteiger charge is -2.08. The first kappa shape index (κ1) is 15.0. The second kappa shape index (κ2) is 5.72. The third-order valence-electron chi connectivity index (χ3n) is 3.35. The fourth-order valence-corrected chi connectivity index (χ4v) is 2.25. The van der Waals surface area contributed by atoms with Crippen molar-refractivity contribution in [1.29, 1.82) is 0 Å². The predicted octanol–water partition coefficient (Wildman–Crippen LogP) is 4.37. The van der Waals surface area contributed by atoms with Gasteiger partial charge in [0.25, 0.3) is 0 Å². The van der Waals surface area contributed by atoms with E-state index < -0.39 is 11.7 Å². The van der Waals surface area contributed by atoms with Gasteiger partial charge >= 0.3 is 6.18 Å². The zero-order chi connectivity index (χ0) is 16.4. The molecule has 116 valence electrons. The van der Waals surface area contributed by atoms with Crippen LogP contribution in [0.2, 0.25) is 0 Å². The molecule has 0 radical (unpaired) electrons. The third kappa shape index (κ3) is 3.01. The van der Waals surface area contributed by atoms with Crippen LogP contribution < -0.4 is 0 Å². The first-order chi connectivity index (χ1) is 11.0. The molecule has 0 amide bonds. The summed E-state index contributed by atoms with van der Waals surface area (Å²) in [5.41, 5.74) is 0.941. The van der Waals surface area contributed by atoms with Crippen molar-refractivity contribution in [3.05, 3.63) is 71.9 Å². The Morgan fingerprint density at radius 2 is 1.74 bits per heavy atom. The number of carbonyl (C=O) groups excluding carboxylic acids is 1. The Kier molecular flexibility index (Phi) is 3.73. The molecule has 2 aromatic carbocycles. The number of rotatable bonds is 3. The highest BCUT2D eigenvalue weighted by Crippen LogP contribution is 2.30. The normalized spacial score (nSPS) is 11.4. The van der Waals surface area contributed by atoms with E-state index in [1.54, 1.807) is 24.3 Å². The van der Waals surface area contributed by atoms with Gasteiger partial charge in [-0.3, -0.25) is 4.79 Å². The predicted molar refractivity (Wildman–Crippen MR) is 79.4 cm³/mol. The Morgan fingerprint density at radius 3 is 2.39 bits per heavy atom. The van der Waals surface area contributed by atoms with Gasteiger partial charge in [0, 0.05) is 11.8 Å². The molecule has 6 heteroatoms. The molecule has 0 fully saturated rings. The minimum Gasteiger partial charge on any atom is -0.298 e. The number of aromatic nitrogens is 2. The zero-order valence-electron chi connectivity index (χ0n) is 11.8. The lowest BCUT2D eigenvalue weighted by Crippen LogP contribution is -2.06. The molecule has 0 saturated carbocycles. The minimum absolute atomic E-state index is 0.241. The van der Waals surface area contributed by atoms with Crippen LogP contribution in [0.4, 0.5) is 13.2 Å². The molecule has 1 aromatic heterocycles. The van der Waals surface area contributed by atoms with Gasteiger partial charge in [-0.1, -0.05) is 36.4 Å². The van der Waals surface area contributed by atoms with Crippen molar-refractivity contribution in [2.24, 2.45) is 0 Å². The molecule has 0 aliphatic rings. The molecule has 0 unspecified atom stereocenters. The molecule has 0 atom stereocenters. The summed E-state index contributed by atoms with van der Waals surface area (Å²) in [6, 6.07) is 13.8. The van der Waals surface area contributed by atoms with Crippen molar-refractivity contribution in [3.8, 4) is 16.9 Å². The summed E-state index contributed by atoms with van der Waals surface area (Å²) in [5, 5.41) is 4.26. The van der Waals surface area contributed by atoms with Crippen molar-refractivity contribution in [2.45, 2.75) is 6.18 Å². The van der Waals surface area contributed by atoms with Crippen LogP contribution in [-0.2, 0) is 6.18 Å². The molecular formula is C17H11F3N2O. The van der Waals surface area contributed by atoms with E-state index in [1.165, 1.54) is 23.0 Å². The summed E-state index contributed by atoms with van der Waals surface area (Å²) in [4.78, 5) is 11.2. The van der Waals surface area contributed by atoms with Gasteiger partial charge in [-0.2, -0.15) is 18.3 Å². The summed E-state index contributed by atoms with van der Waals surface area (Å²) >= 11 is 0. The van der Waals surface area contributed by atoms with Crippen molar-refractivity contribution >= 4 is 6.29 Å². The average Bonchev–Trinajstić information content (AvgIpc) is 2.99. The highest BCUT2D eigenvalue weighted by molar-refractivity contribution is 5.85. The lowest BCUT2D eigenvalue weighted by atomic mass is 10.1. The van der Waals surface area contributed by atoms with Crippen LogP contribution in [-0.4, -0.2) is 16.1 Å². The molecule has 3 nitrogen and oxygen atoms in total. The smallest absolute Gasteiger partial charge is 0.298 e. The molecule has 3 rings (SSSR count). The maximum Gasteiger partial charge on any atom is 0.416 e. The van der Waals surface area contributed by atoms with Crippen LogP contribution in [0.25, 0.3) is 16.9 Å². The Bertz CT molecular complexity index is 839. The molecule has 0 N–H and O–H groups in total. The number of carbonyl (C=O) groups is 1. The van der Waals surface area contributed by atoms with Gasteiger partial charge in [0.05, 0.1) is 16.8 Å². The molecule has 23 heavy (non-hydrogen) atoms. The number of halogens is 3. The number of hydrogen-bond acceptors (Lipinski definition) is 2. The van der Waals surface area contributed by atoms with Crippen LogP contribution in [0.5, 0.6) is 0 Å². The van der Waals surface area contributed by atoms with E-state index in [9.17, 15) is 18.0 Å². The standard InChI is InChI=1S/C17H11F3N2O/c18-17(19,20)14-7-4-8-15(9-14)22-10-13(11-23)16(21-22)12-5-2-1-3-6-12/h1-11H. The second-order valence-corrected chi connectivity index (χ2v) is 4.91. The van der Waals surface area contributed by atoms with Gasteiger partial charge in [0.15, 0.2) is 6.29 Å². The fourth-order valence-electron chi connectivity index (χ4n) is 2.25. The number of nitrogens with zero attached hydrogens (tertiary/aromatic N) is 2. The zero-order valence-corrected chi connectivity index (χ0v) is 11.8. The van der Waals surface area contributed by atoms with Crippen LogP contribution in [0.1, 0.15) is 15.9 Å². The summed E-state index contributed by atoms with van der Waals surface area (Å²) in [6.45, 7) is 0. The molecular weight excluding hydrogens is 305 g/mol. The topological polar surface area (TPSA) is 34.9 Å². The Balaban J connectivity index is 2.09. The monoisotopic (exact) mass is 316 g/mol. The van der Waals surface area contributed by atoms with Gasteiger partial charge in [0.1, 0.15) is 5.69 Å². The van der Waals surface area contributed by atoms with Crippen molar-refractivity contribution in [3.63, 3.8) is 0 Å². The maximum atomic E-state index is 12.8. The SMILES string of the molecule is O=Cc1cn(-c2cccc(C(F)(F)F)c2)nc1-c1ccccc1. The van der Waals surface area contributed by atoms with Gasteiger partial charge in [-0.25, -0.2) is 4.68 Å². The first-order valence-corrected chi connectivity index (χ1v) is 6.77. The van der Waals surface area contributed by atoms with Gasteiger partial charge in [0.2, 0.25) is 0 Å². The van der Waals surface area contributed by atoms with E-state index in [2.05, 4.69) is 5.10 Å². The van der Waals surface area contributed by atoms with Gasteiger partial charge in [-0.15, -0.1) is 0 Å². The van der Waals surface area contributed by atoms with E-state index in [1.807, 2.05) is 6.07 Å². The van der Waals surface area contributed by atoms with E-state index >= 15 is 0 Å². The number of benzene rings is 2. The van der Waals surface area contributed by atoms with Crippen molar-refractivity contribution < 1.29 is 18.0 Å². The third-order valence-corrected chi connectivity index (χ3v) is 3.35. The van der Waals surface area contributed by atoms with Crippen molar-refractivity contribution in [2.75, 3.05) is 0 Å². The molecule has 1 heterocycles. The Morgan fingerprint density at radius 1 is 1.00 bits per heavy atom. The first-order valence-electron chi connectivity index (χ1n) is 6.77. The van der Waals surface area contributed by atoms with E-state index in [-0.39, 0.29) is 5.69 Å². The highest BCUT2D eigenvalue weighted by Gasteiger charge is 2.30. The summed E-state index contributed by atoms with van der Waals surface area (Å²) in [5.74, 6) is 0. The minimum atomic E-state index is -4.43. The molecule has 0 spiro atoms. The quantitative estimate of drug-likeness (QED) is 0.673. The van der Waals surface area contributed by atoms with Gasteiger partial charge < -0.3 is 0 Å². The second-order valence-electron chi connectivity index (χ2n) is 4.91. The molecule has 0 aliphatic carbocycles. The molecule has 0 aliphatic heterocycles. The number of alkyl halides is 3. The Hall–Kier alpha value is -2.89. The van der Waals surface area contributed by atoms with E-state index in [4.69, 9.17) is 0 Å². The van der Waals surface area contributed by atoms with E-state index in [0.717, 1.165) is 17.7 Å². The number of hydrogen-bond donors (Lipinski definition) is 0. The summed E-state index contributed by atoms with van der Waals surface area (Å²) in [6.07, 6.45) is -2.37. The lowest BCUT2D eigenvalue weighted by molar-refractivity contribution is -0.137. The van der Waals surface area contributed by atoms with Crippen LogP contribution in [0, 0.1) is 0 Å². The van der Waals surface area contributed by atoms with Crippen LogP contribution >= 0.6 is 0 Å². The highest BCUT2D eigenvalue weighted by atomic mass is 19.4. The van der Waals surface area contributed by atoms with Crippen LogP contribution in [0.15, 0.2) is 60.8 Å². The van der Waals surface area contributed by atoms with Crippen LogP contribution in [0.3, 0.4) is 0 Å². The summed E-state index contributed by atoms with van der Waals surface area (Å²) < 4.78 is 39.7. The van der Waals surface area contributed by atoms with Gasteiger partial charge in [-0.05, 0) is 18.2 Å².